The van der Waals surface area contributed by atoms with Gasteiger partial charge in [0.1, 0.15) is 12.2 Å². The van der Waals surface area contributed by atoms with E-state index in [-0.39, 0.29) is 5.57 Å². The van der Waals surface area contributed by atoms with E-state index in [1.54, 1.807) is 42.5 Å². The van der Waals surface area contributed by atoms with Crippen LogP contribution in [0, 0.1) is 0 Å². The maximum absolute atomic E-state index is 13.2. The number of ether oxygens (including phenoxy) is 2. The molecule has 1 fully saturated rings. The molecule has 0 aromatic heterocycles. The number of benzene rings is 3. The number of urea groups is 1. The van der Waals surface area contributed by atoms with Crippen molar-refractivity contribution >= 4 is 61.5 Å². The first-order valence-electron chi connectivity index (χ1n) is 11.2. The van der Waals surface area contributed by atoms with Crippen LogP contribution in [0.25, 0.3) is 6.08 Å². The minimum absolute atomic E-state index is 0.183. The molecule has 1 heterocycles. The van der Waals surface area contributed by atoms with E-state index in [9.17, 15) is 14.4 Å². The highest BCUT2D eigenvalue weighted by Crippen LogP contribution is 2.35. The van der Waals surface area contributed by atoms with Crippen LogP contribution in [0.4, 0.5) is 10.5 Å². The summed E-state index contributed by atoms with van der Waals surface area (Å²) in [5.74, 6) is -0.523. The summed E-state index contributed by atoms with van der Waals surface area (Å²) in [6.45, 7) is 4.14. The number of methoxy groups -OCH3 is 1. The average Bonchev–Trinajstić information content (AvgIpc) is 2.88. The lowest BCUT2D eigenvalue weighted by atomic mass is 10.0. The molecule has 188 valence electrons. The molecule has 7 nitrogen and oxygen atoms in total. The number of carbonyl (C=O) groups is 3. The number of nitrogens with one attached hydrogen (secondary N) is 1. The van der Waals surface area contributed by atoms with E-state index in [4.69, 9.17) is 9.47 Å². The summed E-state index contributed by atoms with van der Waals surface area (Å²) < 4.78 is 13.5. The summed E-state index contributed by atoms with van der Waals surface area (Å²) >= 11 is 6.75. The SMILES string of the molecule is C=CCc1cc(C=C2C(=O)NC(=O)N(c3ccc(Br)cc3)C2=O)cc(OC)c1OCc1ccc(Br)cc1. The van der Waals surface area contributed by atoms with Gasteiger partial charge < -0.3 is 9.47 Å². The smallest absolute Gasteiger partial charge is 0.335 e. The van der Waals surface area contributed by atoms with Crippen LogP contribution in [-0.4, -0.2) is 25.0 Å². The van der Waals surface area contributed by atoms with E-state index in [0.717, 1.165) is 25.0 Å². The molecule has 0 radical (unpaired) electrons. The highest BCUT2D eigenvalue weighted by atomic mass is 79.9. The number of anilines is 1. The van der Waals surface area contributed by atoms with Crippen LogP contribution in [0.3, 0.4) is 0 Å². The summed E-state index contributed by atoms with van der Waals surface area (Å²) in [5.41, 5.74) is 2.43. The lowest BCUT2D eigenvalue weighted by molar-refractivity contribution is -0.122. The maximum atomic E-state index is 13.2. The summed E-state index contributed by atoms with van der Waals surface area (Å²) in [5, 5.41) is 2.24. The topological polar surface area (TPSA) is 84.9 Å². The number of hydrogen-bond donors (Lipinski definition) is 1. The van der Waals surface area contributed by atoms with Crippen LogP contribution in [-0.2, 0) is 22.6 Å². The van der Waals surface area contributed by atoms with Gasteiger partial charge in [-0.2, -0.15) is 0 Å². The summed E-state index contributed by atoms with van der Waals surface area (Å²) in [7, 11) is 1.52. The molecule has 0 unspecified atom stereocenters. The minimum Gasteiger partial charge on any atom is -0.493 e. The fourth-order valence-corrected chi connectivity index (χ4v) is 4.30. The molecule has 3 aromatic carbocycles. The zero-order valence-corrected chi connectivity index (χ0v) is 23.0. The number of amides is 4. The Morgan fingerprint density at radius 3 is 2.24 bits per heavy atom. The molecule has 37 heavy (non-hydrogen) atoms. The van der Waals surface area contributed by atoms with Gasteiger partial charge in [0.25, 0.3) is 11.8 Å². The van der Waals surface area contributed by atoms with Crippen molar-refractivity contribution in [2.75, 3.05) is 12.0 Å². The predicted molar refractivity (Wildman–Crippen MR) is 149 cm³/mol. The van der Waals surface area contributed by atoms with E-state index in [2.05, 4.69) is 43.8 Å². The van der Waals surface area contributed by atoms with Crippen LogP contribution in [0.15, 0.2) is 87.8 Å². The van der Waals surface area contributed by atoms with Crippen LogP contribution < -0.4 is 19.7 Å². The van der Waals surface area contributed by atoms with Gasteiger partial charge in [0.15, 0.2) is 11.5 Å². The van der Waals surface area contributed by atoms with Gasteiger partial charge in [0, 0.05) is 14.5 Å². The summed E-state index contributed by atoms with van der Waals surface area (Å²) in [6.07, 6.45) is 3.63. The minimum atomic E-state index is -0.809. The lowest BCUT2D eigenvalue weighted by Crippen LogP contribution is -2.54. The second-order valence-electron chi connectivity index (χ2n) is 8.05. The second-order valence-corrected chi connectivity index (χ2v) is 9.88. The quantitative estimate of drug-likeness (QED) is 0.183. The molecule has 0 spiro atoms. The first-order valence-corrected chi connectivity index (χ1v) is 12.8. The highest BCUT2D eigenvalue weighted by molar-refractivity contribution is 9.10. The molecule has 0 atom stereocenters. The Hall–Kier alpha value is -3.69. The van der Waals surface area contributed by atoms with Crippen molar-refractivity contribution in [3.63, 3.8) is 0 Å². The number of imide groups is 2. The first kappa shape index (κ1) is 26.4. The zero-order chi connectivity index (χ0) is 26.5. The Labute approximate surface area is 231 Å². The van der Waals surface area contributed by atoms with Crippen molar-refractivity contribution in [3.05, 3.63) is 105 Å². The van der Waals surface area contributed by atoms with Crippen molar-refractivity contribution in [1.29, 1.82) is 0 Å². The van der Waals surface area contributed by atoms with E-state index < -0.39 is 17.8 Å². The molecule has 0 bridgehead atoms. The zero-order valence-electron chi connectivity index (χ0n) is 19.8. The van der Waals surface area contributed by atoms with Gasteiger partial charge in [0.05, 0.1) is 12.8 Å². The van der Waals surface area contributed by atoms with Crippen molar-refractivity contribution in [2.45, 2.75) is 13.0 Å². The first-order chi connectivity index (χ1) is 17.8. The molecule has 3 aromatic rings. The van der Waals surface area contributed by atoms with Crippen molar-refractivity contribution < 1.29 is 23.9 Å². The van der Waals surface area contributed by atoms with Gasteiger partial charge >= 0.3 is 6.03 Å². The van der Waals surface area contributed by atoms with Crippen LogP contribution >= 0.6 is 31.9 Å². The molecule has 1 saturated heterocycles. The molecule has 1 N–H and O–H groups in total. The van der Waals surface area contributed by atoms with Crippen LogP contribution in [0.5, 0.6) is 11.5 Å². The van der Waals surface area contributed by atoms with Gasteiger partial charge in [-0.05, 0) is 72.2 Å². The third-order valence-electron chi connectivity index (χ3n) is 5.53. The fourth-order valence-electron chi connectivity index (χ4n) is 3.77. The highest BCUT2D eigenvalue weighted by Gasteiger charge is 2.36. The second kappa shape index (κ2) is 11.6. The van der Waals surface area contributed by atoms with Crippen LogP contribution in [0.1, 0.15) is 16.7 Å². The Bertz CT molecular complexity index is 1400. The van der Waals surface area contributed by atoms with E-state index >= 15 is 0 Å². The number of halogens is 2. The number of rotatable bonds is 8. The third-order valence-corrected chi connectivity index (χ3v) is 6.59. The Kier molecular flexibility index (Phi) is 8.25. The average molecular weight is 626 g/mol. The molecular formula is C28H22Br2N2O5. The van der Waals surface area contributed by atoms with Crippen molar-refractivity contribution in [1.82, 2.24) is 5.32 Å². The van der Waals surface area contributed by atoms with E-state index in [1.165, 1.54) is 13.2 Å². The van der Waals surface area contributed by atoms with Gasteiger partial charge in [-0.1, -0.05) is 50.1 Å². The summed E-state index contributed by atoms with van der Waals surface area (Å²) in [4.78, 5) is 39.3. The Balaban J connectivity index is 1.69. The van der Waals surface area contributed by atoms with E-state index in [1.807, 2.05) is 24.3 Å². The monoisotopic (exact) mass is 624 g/mol. The molecule has 9 heteroatoms. The molecule has 1 aliphatic rings. The van der Waals surface area contributed by atoms with Crippen molar-refractivity contribution in [3.8, 4) is 11.5 Å². The molecule has 4 rings (SSSR count). The number of allylic oxidation sites excluding steroid dienone is 1. The third kappa shape index (κ3) is 6.00. The number of carbonyl (C=O) groups excluding carboxylic acids is 3. The van der Waals surface area contributed by atoms with Gasteiger partial charge in [0.2, 0.25) is 0 Å². The number of hydrogen-bond acceptors (Lipinski definition) is 5. The van der Waals surface area contributed by atoms with Gasteiger partial charge in [-0.25, -0.2) is 9.69 Å². The standard InChI is InChI=1S/C28H22Br2N2O5/c1-3-4-19-13-18(15-24(36-2)25(19)37-16-17-5-7-20(29)8-6-17)14-23-26(33)31-28(35)32(27(23)34)22-11-9-21(30)10-12-22/h3,5-15H,1,4,16H2,2H3,(H,31,33,35). The molecular weight excluding hydrogens is 604 g/mol. The number of barbiturate groups is 1. The molecule has 0 saturated carbocycles. The largest absolute Gasteiger partial charge is 0.493 e. The fraction of sp³-hybridized carbons (Fsp3) is 0.107. The Morgan fingerprint density at radius 2 is 1.62 bits per heavy atom. The van der Waals surface area contributed by atoms with Gasteiger partial charge in [-0.15, -0.1) is 6.58 Å². The molecule has 1 aliphatic heterocycles. The Morgan fingerprint density at radius 1 is 0.973 bits per heavy atom. The maximum Gasteiger partial charge on any atom is 0.335 e. The predicted octanol–water partition coefficient (Wildman–Crippen LogP) is 6.19. The number of nitrogens with zero attached hydrogens (tertiary/aromatic N) is 1. The molecule has 4 amide bonds. The van der Waals surface area contributed by atoms with Gasteiger partial charge in [-0.3, -0.25) is 14.9 Å². The normalized spacial score (nSPS) is 14.5. The van der Waals surface area contributed by atoms with Crippen molar-refractivity contribution in [2.24, 2.45) is 0 Å². The van der Waals surface area contributed by atoms with E-state index in [0.29, 0.717) is 35.8 Å². The van der Waals surface area contributed by atoms with Crippen LogP contribution in [0.2, 0.25) is 0 Å². The summed E-state index contributed by atoms with van der Waals surface area (Å²) in [6, 6.07) is 17.1. The lowest BCUT2D eigenvalue weighted by Gasteiger charge is -2.26. The molecule has 0 aliphatic carbocycles.